The second kappa shape index (κ2) is 5.50. The highest BCUT2D eigenvalue weighted by atomic mass is 32.1. The van der Waals surface area contributed by atoms with Crippen molar-refractivity contribution < 1.29 is 4.79 Å². The summed E-state index contributed by atoms with van der Waals surface area (Å²) in [5, 5.41) is 5.37. The van der Waals surface area contributed by atoms with Gasteiger partial charge in [0, 0.05) is 17.1 Å². The number of primary amides is 1. The van der Waals surface area contributed by atoms with Crippen LogP contribution in [0.3, 0.4) is 0 Å². The van der Waals surface area contributed by atoms with E-state index >= 15 is 0 Å². The fraction of sp³-hybridized carbons (Fsp3) is 0.154. The maximum atomic E-state index is 11.0. The van der Waals surface area contributed by atoms with E-state index in [1.54, 1.807) is 11.3 Å². The molecule has 0 spiro atoms. The maximum Gasteiger partial charge on any atom is 0.221 e. The van der Waals surface area contributed by atoms with Crippen LogP contribution in [0.2, 0.25) is 0 Å². The van der Waals surface area contributed by atoms with E-state index in [1.165, 1.54) is 4.88 Å². The maximum absolute atomic E-state index is 11.0. The van der Waals surface area contributed by atoms with Gasteiger partial charge in [-0.1, -0.05) is 24.3 Å². The van der Waals surface area contributed by atoms with E-state index in [-0.39, 0.29) is 12.3 Å². The van der Waals surface area contributed by atoms with Crippen molar-refractivity contribution in [3.8, 4) is 0 Å². The Labute approximate surface area is 104 Å². The van der Waals surface area contributed by atoms with Crippen molar-refractivity contribution in [3.05, 3.63) is 52.2 Å². The Kier molecular flexibility index (Phi) is 3.77. The summed E-state index contributed by atoms with van der Waals surface area (Å²) in [5.74, 6) is -0.310. The van der Waals surface area contributed by atoms with E-state index in [9.17, 15) is 4.79 Å². The van der Waals surface area contributed by atoms with Crippen LogP contribution in [0.15, 0.2) is 41.8 Å². The second-order valence-corrected chi connectivity index (χ2v) is 4.77. The summed E-state index contributed by atoms with van der Waals surface area (Å²) in [4.78, 5) is 12.2. The Morgan fingerprint density at radius 2 is 2.06 bits per heavy atom. The van der Waals surface area contributed by atoms with Crippen LogP contribution in [0, 0.1) is 0 Å². The number of hydrogen-bond donors (Lipinski definition) is 2. The van der Waals surface area contributed by atoms with Gasteiger partial charge in [-0.3, -0.25) is 4.79 Å². The van der Waals surface area contributed by atoms with Crippen LogP contribution in [-0.2, 0) is 17.8 Å². The first kappa shape index (κ1) is 11.7. The van der Waals surface area contributed by atoms with E-state index in [2.05, 4.69) is 11.4 Å². The molecule has 0 saturated carbocycles. The zero-order valence-electron chi connectivity index (χ0n) is 9.35. The minimum absolute atomic E-state index is 0.271. The van der Waals surface area contributed by atoms with Crippen LogP contribution in [0.4, 0.5) is 5.69 Å². The first-order valence-corrected chi connectivity index (χ1v) is 6.26. The molecule has 0 radical (unpaired) electrons. The molecule has 0 atom stereocenters. The van der Waals surface area contributed by atoms with E-state index in [0.717, 1.165) is 17.8 Å². The van der Waals surface area contributed by atoms with Gasteiger partial charge in [0.15, 0.2) is 0 Å². The molecule has 1 aromatic heterocycles. The summed E-state index contributed by atoms with van der Waals surface area (Å²) in [6, 6.07) is 11.8. The minimum atomic E-state index is -0.310. The highest BCUT2D eigenvalue weighted by Crippen LogP contribution is 2.18. The quantitative estimate of drug-likeness (QED) is 0.851. The molecule has 17 heavy (non-hydrogen) atoms. The van der Waals surface area contributed by atoms with Crippen molar-refractivity contribution in [1.29, 1.82) is 0 Å². The SMILES string of the molecule is NC(=O)Cc1ccccc1NCc1cccs1. The number of nitrogens with two attached hydrogens (primary N) is 1. The normalized spacial score (nSPS) is 10.1. The summed E-state index contributed by atoms with van der Waals surface area (Å²) in [7, 11) is 0. The van der Waals surface area contributed by atoms with Gasteiger partial charge in [-0.15, -0.1) is 11.3 Å². The topological polar surface area (TPSA) is 55.1 Å². The highest BCUT2D eigenvalue weighted by molar-refractivity contribution is 7.09. The number of nitrogens with one attached hydrogen (secondary N) is 1. The molecule has 2 rings (SSSR count). The summed E-state index contributed by atoms with van der Waals surface area (Å²) < 4.78 is 0. The smallest absolute Gasteiger partial charge is 0.221 e. The predicted molar refractivity (Wildman–Crippen MR) is 71.0 cm³/mol. The van der Waals surface area contributed by atoms with Crippen LogP contribution in [0.25, 0.3) is 0 Å². The van der Waals surface area contributed by atoms with Gasteiger partial charge < -0.3 is 11.1 Å². The lowest BCUT2D eigenvalue weighted by Crippen LogP contribution is -2.15. The van der Waals surface area contributed by atoms with Gasteiger partial charge in [0.05, 0.1) is 6.42 Å². The third-order valence-electron chi connectivity index (χ3n) is 2.42. The standard InChI is InChI=1S/C13H14N2OS/c14-13(16)8-10-4-1-2-6-12(10)15-9-11-5-3-7-17-11/h1-7,15H,8-9H2,(H2,14,16). The zero-order chi connectivity index (χ0) is 12.1. The molecule has 0 unspecified atom stereocenters. The summed E-state index contributed by atoms with van der Waals surface area (Å²) in [6.07, 6.45) is 0.271. The Hall–Kier alpha value is -1.81. The molecular weight excluding hydrogens is 232 g/mol. The van der Waals surface area contributed by atoms with E-state index in [1.807, 2.05) is 35.7 Å². The molecule has 3 nitrogen and oxygen atoms in total. The second-order valence-electron chi connectivity index (χ2n) is 3.73. The van der Waals surface area contributed by atoms with Gasteiger partial charge in [-0.05, 0) is 23.1 Å². The number of carbonyl (C=O) groups is 1. The first-order chi connectivity index (χ1) is 8.25. The van der Waals surface area contributed by atoms with Crippen molar-refractivity contribution in [2.75, 3.05) is 5.32 Å². The third kappa shape index (κ3) is 3.32. The molecule has 0 aliphatic carbocycles. The molecule has 0 saturated heterocycles. The van der Waals surface area contributed by atoms with Crippen molar-refractivity contribution in [3.63, 3.8) is 0 Å². The first-order valence-electron chi connectivity index (χ1n) is 5.38. The molecular formula is C13H14N2OS. The van der Waals surface area contributed by atoms with Crippen LogP contribution in [-0.4, -0.2) is 5.91 Å². The largest absolute Gasteiger partial charge is 0.380 e. The van der Waals surface area contributed by atoms with Crippen molar-refractivity contribution in [2.45, 2.75) is 13.0 Å². The molecule has 0 fully saturated rings. The molecule has 3 N–H and O–H groups in total. The van der Waals surface area contributed by atoms with Crippen molar-refractivity contribution in [2.24, 2.45) is 5.73 Å². The molecule has 4 heteroatoms. The number of thiophene rings is 1. The number of amides is 1. The zero-order valence-corrected chi connectivity index (χ0v) is 10.2. The Balaban J connectivity index is 2.06. The van der Waals surface area contributed by atoms with E-state index < -0.39 is 0 Å². The molecule has 0 aliphatic heterocycles. The number of rotatable bonds is 5. The van der Waals surface area contributed by atoms with Crippen LogP contribution >= 0.6 is 11.3 Å². The van der Waals surface area contributed by atoms with Gasteiger partial charge in [0.25, 0.3) is 0 Å². The molecule has 0 bridgehead atoms. The summed E-state index contributed by atoms with van der Waals surface area (Å²) in [6.45, 7) is 0.771. The highest BCUT2D eigenvalue weighted by Gasteiger charge is 2.04. The van der Waals surface area contributed by atoms with Crippen molar-refractivity contribution in [1.82, 2.24) is 0 Å². The summed E-state index contributed by atoms with van der Waals surface area (Å²) in [5.41, 5.74) is 7.13. The molecule has 1 aromatic carbocycles. The molecule has 1 heterocycles. The average molecular weight is 246 g/mol. The van der Waals surface area contributed by atoms with E-state index in [4.69, 9.17) is 5.73 Å². The molecule has 88 valence electrons. The average Bonchev–Trinajstić information content (AvgIpc) is 2.80. The number of para-hydroxylation sites is 1. The van der Waals surface area contributed by atoms with Crippen LogP contribution in [0.5, 0.6) is 0 Å². The lowest BCUT2D eigenvalue weighted by molar-refractivity contribution is -0.117. The lowest BCUT2D eigenvalue weighted by atomic mass is 10.1. The van der Waals surface area contributed by atoms with Gasteiger partial charge in [0.2, 0.25) is 5.91 Å². The van der Waals surface area contributed by atoms with Crippen molar-refractivity contribution >= 4 is 22.9 Å². The number of carbonyl (C=O) groups excluding carboxylic acids is 1. The van der Waals surface area contributed by atoms with Crippen LogP contribution in [0.1, 0.15) is 10.4 Å². The Bertz CT molecular complexity index is 494. The Morgan fingerprint density at radius 3 is 2.76 bits per heavy atom. The fourth-order valence-electron chi connectivity index (χ4n) is 1.63. The van der Waals surface area contributed by atoms with Gasteiger partial charge in [0.1, 0.15) is 0 Å². The molecule has 1 amide bonds. The fourth-order valence-corrected chi connectivity index (χ4v) is 2.27. The molecule has 2 aromatic rings. The lowest BCUT2D eigenvalue weighted by Gasteiger charge is -2.09. The number of benzene rings is 1. The van der Waals surface area contributed by atoms with E-state index in [0.29, 0.717) is 0 Å². The monoisotopic (exact) mass is 246 g/mol. The van der Waals surface area contributed by atoms with Gasteiger partial charge in [-0.25, -0.2) is 0 Å². The number of anilines is 1. The third-order valence-corrected chi connectivity index (χ3v) is 3.29. The summed E-state index contributed by atoms with van der Waals surface area (Å²) >= 11 is 1.71. The van der Waals surface area contributed by atoms with Crippen LogP contribution < -0.4 is 11.1 Å². The van der Waals surface area contributed by atoms with Gasteiger partial charge >= 0.3 is 0 Å². The Morgan fingerprint density at radius 1 is 1.24 bits per heavy atom. The minimum Gasteiger partial charge on any atom is -0.380 e. The predicted octanol–water partition coefficient (Wildman–Crippen LogP) is 2.39. The molecule has 0 aliphatic rings. The van der Waals surface area contributed by atoms with Gasteiger partial charge in [-0.2, -0.15) is 0 Å². The number of hydrogen-bond acceptors (Lipinski definition) is 3.